The van der Waals surface area contributed by atoms with Crippen LogP contribution in [0.1, 0.15) is 32.6 Å². The molecule has 0 amide bonds. The summed E-state index contributed by atoms with van der Waals surface area (Å²) in [4.78, 5) is 0. The topological polar surface area (TPSA) is 9.23 Å². The van der Waals surface area contributed by atoms with Gasteiger partial charge in [-0.15, -0.1) is 6.58 Å². The van der Waals surface area contributed by atoms with Crippen molar-refractivity contribution in [2.75, 3.05) is 0 Å². The van der Waals surface area contributed by atoms with E-state index in [1.807, 2.05) is 6.08 Å². The molecule has 0 rings (SSSR count). The predicted octanol–water partition coefficient (Wildman–Crippen LogP) is 1.42. The molecule has 10 heavy (non-hydrogen) atoms. The molecule has 0 saturated carbocycles. The van der Waals surface area contributed by atoms with Crippen molar-refractivity contribution in [2.24, 2.45) is 0 Å². The van der Waals surface area contributed by atoms with Crippen molar-refractivity contribution in [2.45, 2.75) is 38.7 Å². The summed E-state index contributed by atoms with van der Waals surface area (Å²) in [5, 5.41) is 0. The predicted molar refractivity (Wildman–Crippen MR) is 49.2 cm³/mol. The van der Waals surface area contributed by atoms with Gasteiger partial charge in [-0.05, 0) is 26.2 Å². The van der Waals surface area contributed by atoms with Crippen molar-refractivity contribution >= 4 is 10.5 Å². The molecule has 0 fully saturated rings. The lowest BCUT2D eigenvalue weighted by Gasteiger charge is -2.07. The van der Waals surface area contributed by atoms with Crippen LogP contribution in [0.2, 0.25) is 0 Å². The van der Waals surface area contributed by atoms with Crippen LogP contribution in [-0.2, 0) is 4.43 Å². The molecule has 0 aliphatic carbocycles. The Labute approximate surface area is 67.0 Å². The van der Waals surface area contributed by atoms with Crippen LogP contribution in [0.5, 0.6) is 0 Å². The fourth-order valence-electron chi connectivity index (χ4n) is 0.838. The molecule has 0 aromatic rings. The van der Waals surface area contributed by atoms with Gasteiger partial charge in [0.25, 0.3) is 0 Å². The summed E-state index contributed by atoms with van der Waals surface area (Å²) in [6.07, 6.45) is 7.35. The molecule has 60 valence electrons. The molecule has 0 saturated heterocycles. The number of rotatable bonds is 6. The summed E-state index contributed by atoms with van der Waals surface area (Å²) in [6, 6.07) is 0. The van der Waals surface area contributed by atoms with Crippen molar-refractivity contribution in [1.29, 1.82) is 0 Å². The van der Waals surface area contributed by atoms with Crippen LogP contribution in [0, 0.1) is 0 Å². The lowest BCUT2D eigenvalue weighted by Crippen LogP contribution is -2.04. The lowest BCUT2D eigenvalue weighted by atomic mass is 10.1. The van der Waals surface area contributed by atoms with Gasteiger partial charge in [0.15, 0.2) is 0 Å². The van der Waals surface area contributed by atoms with Gasteiger partial charge in [0.1, 0.15) is 10.5 Å². The average Bonchev–Trinajstić information content (AvgIpc) is 1.98. The monoisotopic (exact) mass is 158 g/mol. The molecule has 0 aliphatic rings. The van der Waals surface area contributed by atoms with E-state index in [4.69, 9.17) is 4.43 Å². The first kappa shape index (κ1) is 9.92. The molecule has 1 unspecified atom stereocenters. The summed E-state index contributed by atoms with van der Waals surface area (Å²) >= 11 is 0. The molecule has 0 aromatic heterocycles. The molecule has 0 N–H and O–H groups in total. The largest absolute Gasteiger partial charge is 0.425 e. The van der Waals surface area contributed by atoms with E-state index >= 15 is 0 Å². The summed E-state index contributed by atoms with van der Waals surface area (Å²) < 4.78 is 5.24. The summed E-state index contributed by atoms with van der Waals surface area (Å²) in [5.74, 6) is 0. The smallest absolute Gasteiger partial charge is 0.146 e. The zero-order valence-corrected chi connectivity index (χ0v) is 9.10. The molecule has 0 aromatic carbocycles. The fourth-order valence-corrected chi connectivity index (χ4v) is 1.07. The highest BCUT2D eigenvalue weighted by Gasteiger charge is 1.95. The maximum absolute atomic E-state index is 5.24. The second-order valence-corrected chi connectivity index (χ2v) is 3.09. The first-order valence-corrected chi connectivity index (χ1v) is 4.76. The molecular weight excluding hydrogens is 140 g/mol. The summed E-state index contributed by atoms with van der Waals surface area (Å²) in [6.45, 7) is 5.81. The zero-order chi connectivity index (χ0) is 7.82. The third kappa shape index (κ3) is 6.04. The number of allylic oxidation sites excluding steroid dienone is 1. The highest BCUT2D eigenvalue weighted by molar-refractivity contribution is 5.98. The highest BCUT2D eigenvalue weighted by atomic mass is 28.2. The van der Waals surface area contributed by atoms with E-state index in [9.17, 15) is 0 Å². The van der Waals surface area contributed by atoms with Crippen molar-refractivity contribution < 1.29 is 4.43 Å². The maximum atomic E-state index is 5.24. The molecule has 0 radical (unpaired) electrons. The van der Waals surface area contributed by atoms with Crippen LogP contribution in [0.15, 0.2) is 12.7 Å². The zero-order valence-electron chi connectivity index (χ0n) is 7.10. The lowest BCUT2D eigenvalue weighted by molar-refractivity contribution is 0.227. The van der Waals surface area contributed by atoms with Crippen molar-refractivity contribution in [3.05, 3.63) is 12.7 Å². The van der Waals surface area contributed by atoms with Gasteiger partial charge in [0, 0.05) is 6.10 Å². The van der Waals surface area contributed by atoms with Crippen molar-refractivity contribution in [3.63, 3.8) is 0 Å². The third-order valence-electron chi connectivity index (χ3n) is 1.67. The third-order valence-corrected chi connectivity index (χ3v) is 2.48. The van der Waals surface area contributed by atoms with E-state index in [-0.39, 0.29) is 0 Å². The molecule has 0 bridgehead atoms. The van der Waals surface area contributed by atoms with Gasteiger partial charge in [0.2, 0.25) is 0 Å². The minimum Gasteiger partial charge on any atom is -0.425 e. The Morgan fingerprint density at radius 3 is 2.80 bits per heavy atom. The van der Waals surface area contributed by atoms with Crippen LogP contribution in [0.25, 0.3) is 0 Å². The number of hydrogen-bond acceptors (Lipinski definition) is 1. The minimum absolute atomic E-state index is 0.483. The Bertz CT molecular complexity index is 83.3. The van der Waals surface area contributed by atoms with Gasteiger partial charge in [0.05, 0.1) is 0 Å². The highest BCUT2D eigenvalue weighted by Crippen LogP contribution is 2.04. The molecule has 0 aliphatic heterocycles. The number of unbranched alkanes of at least 4 members (excludes halogenated alkanes) is 2. The molecule has 2 heteroatoms. The van der Waals surface area contributed by atoms with Gasteiger partial charge in [-0.25, -0.2) is 0 Å². The van der Waals surface area contributed by atoms with Gasteiger partial charge >= 0.3 is 0 Å². The molecule has 0 heterocycles. The fraction of sp³-hybridized carbons (Fsp3) is 0.750. The Balaban J connectivity index is 2.95. The summed E-state index contributed by atoms with van der Waals surface area (Å²) in [5.41, 5.74) is 0. The van der Waals surface area contributed by atoms with Crippen LogP contribution in [-0.4, -0.2) is 16.6 Å². The van der Waals surface area contributed by atoms with E-state index < -0.39 is 0 Å². The Kier molecular flexibility index (Phi) is 6.97. The van der Waals surface area contributed by atoms with E-state index in [2.05, 4.69) is 13.5 Å². The minimum atomic E-state index is 0.483. The first-order chi connectivity index (χ1) is 4.81. The maximum Gasteiger partial charge on any atom is 0.146 e. The first-order valence-electron chi connectivity index (χ1n) is 3.95. The van der Waals surface area contributed by atoms with E-state index in [0.717, 1.165) is 16.9 Å². The normalized spacial score (nSPS) is 13.3. The van der Waals surface area contributed by atoms with Crippen LogP contribution < -0.4 is 0 Å². The molecule has 1 nitrogen and oxygen atoms in total. The van der Waals surface area contributed by atoms with E-state index in [1.165, 1.54) is 19.3 Å². The Morgan fingerprint density at radius 1 is 1.60 bits per heavy atom. The Morgan fingerprint density at radius 2 is 2.30 bits per heavy atom. The van der Waals surface area contributed by atoms with E-state index in [1.54, 1.807) is 0 Å². The van der Waals surface area contributed by atoms with Crippen LogP contribution in [0.4, 0.5) is 0 Å². The molecular formula is C8H18OSi. The van der Waals surface area contributed by atoms with Crippen molar-refractivity contribution in [1.82, 2.24) is 0 Å². The summed E-state index contributed by atoms with van der Waals surface area (Å²) in [7, 11) is 0.872. The van der Waals surface area contributed by atoms with Crippen LogP contribution in [0.3, 0.4) is 0 Å². The SMILES string of the molecule is C=CCCCCC(C)O[SiH3]. The molecule has 1 atom stereocenters. The Hall–Kier alpha value is -0.0831. The van der Waals surface area contributed by atoms with Gasteiger partial charge < -0.3 is 4.43 Å². The molecule has 0 spiro atoms. The van der Waals surface area contributed by atoms with Gasteiger partial charge in [-0.2, -0.15) is 0 Å². The quantitative estimate of drug-likeness (QED) is 0.323. The van der Waals surface area contributed by atoms with Gasteiger partial charge in [-0.1, -0.05) is 12.5 Å². The van der Waals surface area contributed by atoms with E-state index in [0.29, 0.717) is 6.10 Å². The van der Waals surface area contributed by atoms with Gasteiger partial charge in [-0.3, -0.25) is 0 Å². The van der Waals surface area contributed by atoms with Crippen LogP contribution >= 0.6 is 0 Å². The number of hydrogen-bond donors (Lipinski definition) is 0. The standard InChI is InChI=1S/C8H18OSi/c1-3-4-5-6-7-8(2)9-10/h3,8H,1,4-7H2,2,10H3. The second-order valence-electron chi connectivity index (χ2n) is 2.62. The second kappa shape index (κ2) is 7.03. The average molecular weight is 158 g/mol. The van der Waals surface area contributed by atoms with Crippen molar-refractivity contribution in [3.8, 4) is 0 Å².